The topological polar surface area (TPSA) is 39.7 Å². The molecule has 0 N–H and O–H groups in total. The third kappa shape index (κ3) is 5.14. The van der Waals surface area contributed by atoms with Crippen LogP contribution in [0.4, 0.5) is 5.69 Å². The van der Waals surface area contributed by atoms with E-state index in [4.69, 9.17) is 4.98 Å². The Morgan fingerprint density at radius 3 is 2.60 bits per heavy atom. The number of nitrogens with zero attached hydrogens (tertiary/aromatic N) is 4. The van der Waals surface area contributed by atoms with Gasteiger partial charge >= 0.3 is 0 Å². The zero-order valence-corrected chi connectivity index (χ0v) is 18.4. The van der Waals surface area contributed by atoms with Gasteiger partial charge in [-0.05, 0) is 30.8 Å². The number of piperazine rings is 1. The Kier molecular flexibility index (Phi) is 6.57. The van der Waals surface area contributed by atoms with Crippen LogP contribution in [0.3, 0.4) is 0 Å². The summed E-state index contributed by atoms with van der Waals surface area (Å²) in [5.74, 6) is 0.0434. The summed E-state index contributed by atoms with van der Waals surface area (Å²) < 4.78 is 0. The lowest BCUT2D eigenvalue weighted by molar-refractivity contribution is -0.117. The minimum absolute atomic E-state index is 0.0434. The number of thiazole rings is 1. The SMILES string of the molecule is CN1CCN(Cc2cccc(-c3nc(CC(=O)N(C)c4ccccc4)cs3)c2)CC1. The number of amides is 1. The number of anilines is 1. The van der Waals surface area contributed by atoms with Crippen LogP contribution in [0, 0.1) is 0 Å². The molecule has 3 aromatic rings. The van der Waals surface area contributed by atoms with Gasteiger partial charge in [-0.3, -0.25) is 9.69 Å². The average molecular weight is 421 g/mol. The number of likely N-dealkylation sites (N-methyl/N-ethyl adjacent to an activating group) is 2. The van der Waals surface area contributed by atoms with Crippen molar-refractivity contribution in [3.05, 3.63) is 71.2 Å². The second-order valence-electron chi connectivity index (χ2n) is 7.89. The largest absolute Gasteiger partial charge is 0.315 e. The van der Waals surface area contributed by atoms with Crippen molar-refractivity contribution in [3.63, 3.8) is 0 Å². The zero-order chi connectivity index (χ0) is 20.9. The molecule has 0 aliphatic carbocycles. The Bertz CT molecular complexity index is 980. The molecule has 0 saturated carbocycles. The number of hydrogen-bond acceptors (Lipinski definition) is 5. The molecule has 1 fully saturated rings. The van der Waals surface area contributed by atoms with Gasteiger partial charge in [-0.2, -0.15) is 0 Å². The van der Waals surface area contributed by atoms with Crippen molar-refractivity contribution < 1.29 is 4.79 Å². The third-order valence-electron chi connectivity index (χ3n) is 5.58. The molecule has 1 aliphatic rings. The molecule has 2 aromatic carbocycles. The van der Waals surface area contributed by atoms with E-state index in [1.807, 2.05) is 42.8 Å². The minimum atomic E-state index is 0.0434. The average Bonchev–Trinajstić information content (AvgIpc) is 3.24. The normalized spacial score (nSPS) is 15.3. The van der Waals surface area contributed by atoms with Gasteiger partial charge in [0.1, 0.15) is 5.01 Å². The van der Waals surface area contributed by atoms with Crippen LogP contribution in [-0.4, -0.2) is 61.0 Å². The molecule has 4 rings (SSSR count). The summed E-state index contributed by atoms with van der Waals surface area (Å²) in [7, 11) is 3.99. The first kappa shape index (κ1) is 20.7. The molecule has 1 aromatic heterocycles. The van der Waals surface area contributed by atoms with Gasteiger partial charge in [0.15, 0.2) is 0 Å². The van der Waals surface area contributed by atoms with Crippen molar-refractivity contribution in [1.29, 1.82) is 0 Å². The quantitative estimate of drug-likeness (QED) is 0.609. The van der Waals surface area contributed by atoms with Crippen molar-refractivity contribution in [1.82, 2.24) is 14.8 Å². The maximum Gasteiger partial charge on any atom is 0.232 e. The smallest absolute Gasteiger partial charge is 0.232 e. The van der Waals surface area contributed by atoms with Crippen LogP contribution in [-0.2, 0) is 17.8 Å². The van der Waals surface area contributed by atoms with E-state index >= 15 is 0 Å². The van der Waals surface area contributed by atoms with Crippen molar-refractivity contribution >= 4 is 22.9 Å². The molecular weight excluding hydrogens is 392 g/mol. The first-order valence-corrected chi connectivity index (χ1v) is 11.2. The van der Waals surface area contributed by atoms with Gasteiger partial charge in [0.05, 0.1) is 12.1 Å². The van der Waals surface area contributed by atoms with Gasteiger partial charge in [-0.15, -0.1) is 11.3 Å². The lowest BCUT2D eigenvalue weighted by Crippen LogP contribution is -2.43. The molecule has 0 unspecified atom stereocenters. The van der Waals surface area contributed by atoms with Crippen LogP contribution < -0.4 is 4.90 Å². The van der Waals surface area contributed by atoms with Crippen LogP contribution in [0.2, 0.25) is 0 Å². The van der Waals surface area contributed by atoms with E-state index < -0.39 is 0 Å². The number of benzene rings is 2. The minimum Gasteiger partial charge on any atom is -0.315 e. The van der Waals surface area contributed by atoms with Gasteiger partial charge in [0, 0.05) is 56.4 Å². The van der Waals surface area contributed by atoms with E-state index in [0.29, 0.717) is 6.42 Å². The molecule has 2 heterocycles. The molecule has 1 saturated heterocycles. The van der Waals surface area contributed by atoms with E-state index in [1.54, 1.807) is 16.2 Å². The molecule has 0 radical (unpaired) electrons. The first-order chi connectivity index (χ1) is 14.6. The van der Waals surface area contributed by atoms with Gasteiger partial charge < -0.3 is 9.80 Å². The van der Waals surface area contributed by atoms with Crippen LogP contribution in [0.25, 0.3) is 10.6 Å². The predicted octanol–water partition coefficient (Wildman–Crippen LogP) is 3.76. The lowest BCUT2D eigenvalue weighted by Gasteiger charge is -2.32. The van der Waals surface area contributed by atoms with Crippen LogP contribution in [0.15, 0.2) is 60.0 Å². The Labute approximate surface area is 182 Å². The Hall–Kier alpha value is -2.54. The van der Waals surface area contributed by atoms with E-state index in [2.05, 4.69) is 41.1 Å². The molecular formula is C24H28N4OS. The van der Waals surface area contributed by atoms with Crippen LogP contribution in [0.1, 0.15) is 11.3 Å². The molecule has 156 valence electrons. The van der Waals surface area contributed by atoms with Gasteiger partial charge in [-0.1, -0.05) is 36.4 Å². The molecule has 1 aliphatic heterocycles. The second kappa shape index (κ2) is 9.51. The highest BCUT2D eigenvalue weighted by Crippen LogP contribution is 2.26. The molecule has 1 amide bonds. The third-order valence-corrected chi connectivity index (χ3v) is 6.52. The fourth-order valence-electron chi connectivity index (χ4n) is 3.66. The molecule has 5 nitrogen and oxygen atoms in total. The van der Waals surface area contributed by atoms with Crippen molar-refractivity contribution in [2.24, 2.45) is 0 Å². The highest BCUT2D eigenvalue weighted by molar-refractivity contribution is 7.13. The summed E-state index contributed by atoms with van der Waals surface area (Å²) in [6.07, 6.45) is 0.308. The first-order valence-electron chi connectivity index (χ1n) is 10.3. The van der Waals surface area contributed by atoms with Gasteiger partial charge in [0.2, 0.25) is 5.91 Å². The summed E-state index contributed by atoms with van der Waals surface area (Å²) in [4.78, 5) is 24.0. The Morgan fingerprint density at radius 1 is 1.07 bits per heavy atom. The van der Waals surface area contributed by atoms with Crippen molar-refractivity contribution in [3.8, 4) is 10.6 Å². The van der Waals surface area contributed by atoms with Crippen LogP contribution >= 0.6 is 11.3 Å². The molecule has 30 heavy (non-hydrogen) atoms. The summed E-state index contributed by atoms with van der Waals surface area (Å²) >= 11 is 1.61. The number of aromatic nitrogens is 1. The summed E-state index contributed by atoms with van der Waals surface area (Å²) in [6.45, 7) is 5.45. The number of hydrogen-bond donors (Lipinski definition) is 0. The fraction of sp³-hybridized carbons (Fsp3) is 0.333. The van der Waals surface area contributed by atoms with E-state index in [0.717, 1.165) is 54.7 Å². The number of carbonyl (C=O) groups excluding carboxylic acids is 1. The highest BCUT2D eigenvalue weighted by atomic mass is 32.1. The van der Waals surface area contributed by atoms with Crippen molar-refractivity contribution in [2.75, 3.05) is 45.2 Å². The molecule has 0 bridgehead atoms. The van der Waals surface area contributed by atoms with E-state index in [9.17, 15) is 4.79 Å². The molecule has 0 spiro atoms. The summed E-state index contributed by atoms with van der Waals surface area (Å²) in [5, 5.41) is 2.97. The van der Waals surface area contributed by atoms with E-state index in [-0.39, 0.29) is 5.91 Å². The Morgan fingerprint density at radius 2 is 1.83 bits per heavy atom. The number of rotatable bonds is 6. The number of carbonyl (C=O) groups is 1. The summed E-state index contributed by atoms with van der Waals surface area (Å²) in [6, 6.07) is 18.3. The predicted molar refractivity (Wildman–Crippen MR) is 124 cm³/mol. The monoisotopic (exact) mass is 420 g/mol. The van der Waals surface area contributed by atoms with Crippen LogP contribution in [0.5, 0.6) is 0 Å². The maximum absolute atomic E-state index is 12.6. The standard InChI is InChI=1S/C24H28N4OS/c1-26-11-13-28(14-12-26)17-19-7-6-8-20(15-19)24-25-21(18-30-24)16-23(29)27(2)22-9-4-3-5-10-22/h3-10,15,18H,11-14,16-17H2,1-2H3. The highest BCUT2D eigenvalue weighted by Gasteiger charge is 2.16. The summed E-state index contributed by atoms with van der Waals surface area (Å²) in [5.41, 5.74) is 4.16. The van der Waals surface area contributed by atoms with Gasteiger partial charge in [0.25, 0.3) is 0 Å². The van der Waals surface area contributed by atoms with Gasteiger partial charge in [-0.25, -0.2) is 4.98 Å². The van der Waals surface area contributed by atoms with Crippen molar-refractivity contribution in [2.45, 2.75) is 13.0 Å². The maximum atomic E-state index is 12.6. The number of para-hydroxylation sites is 1. The second-order valence-corrected chi connectivity index (χ2v) is 8.75. The zero-order valence-electron chi connectivity index (χ0n) is 17.6. The molecule has 0 atom stereocenters. The Balaban J connectivity index is 1.40. The lowest BCUT2D eigenvalue weighted by atomic mass is 10.1. The molecule has 6 heteroatoms. The fourth-order valence-corrected chi connectivity index (χ4v) is 4.47. The van der Waals surface area contributed by atoms with E-state index in [1.165, 1.54) is 5.56 Å².